The van der Waals surface area contributed by atoms with E-state index in [4.69, 9.17) is 14.7 Å². The Bertz CT molecular complexity index is 1330. The molecular formula is C26H30N6O2. The van der Waals surface area contributed by atoms with Gasteiger partial charge in [-0.3, -0.25) is 4.98 Å². The Hall–Kier alpha value is -3.52. The highest BCUT2D eigenvalue weighted by Crippen LogP contribution is 2.29. The van der Waals surface area contributed by atoms with Crippen LogP contribution in [0.4, 0.5) is 5.69 Å². The Morgan fingerprint density at radius 3 is 2.71 bits per heavy atom. The summed E-state index contributed by atoms with van der Waals surface area (Å²) in [5.41, 5.74) is 5.48. The molecule has 0 aliphatic carbocycles. The molecule has 0 unspecified atom stereocenters. The molecule has 8 heteroatoms. The minimum absolute atomic E-state index is 0.380. The van der Waals surface area contributed by atoms with Crippen LogP contribution in [-0.2, 0) is 11.8 Å². The van der Waals surface area contributed by atoms with Crippen molar-refractivity contribution in [3.8, 4) is 11.4 Å². The van der Waals surface area contributed by atoms with Crippen LogP contribution in [0.1, 0.15) is 36.2 Å². The number of ether oxygens (including phenoxy) is 1. The molecule has 176 valence electrons. The highest BCUT2D eigenvalue weighted by Gasteiger charge is 2.16. The maximum absolute atomic E-state index is 12.1. The van der Waals surface area contributed by atoms with E-state index in [1.807, 2.05) is 37.5 Å². The number of rotatable bonds is 7. The number of likely N-dealkylation sites (tertiary alicyclic amines) is 1. The highest BCUT2D eigenvalue weighted by molar-refractivity contribution is 5.96. The number of carbonyl (C=O) groups excluding carboxylic acids is 1. The third kappa shape index (κ3) is 4.46. The zero-order chi connectivity index (χ0) is 23.5. The lowest BCUT2D eigenvalue weighted by Crippen LogP contribution is -2.31. The Morgan fingerprint density at radius 1 is 1.06 bits per heavy atom. The molecule has 1 fully saturated rings. The SMILES string of the molecule is COC(=O)c1cc2nc(-c3cc(NCCCN4CCCCC4)c4cnccc4n3)ccc2n1C. The highest BCUT2D eigenvalue weighted by atomic mass is 16.5. The van der Waals surface area contributed by atoms with Gasteiger partial charge in [-0.25, -0.2) is 14.8 Å². The summed E-state index contributed by atoms with van der Waals surface area (Å²) < 4.78 is 6.69. The van der Waals surface area contributed by atoms with Crippen molar-refractivity contribution < 1.29 is 9.53 Å². The van der Waals surface area contributed by atoms with Gasteiger partial charge in [-0.05, 0) is 69.2 Å². The molecule has 5 rings (SSSR count). The molecule has 0 spiro atoms. The van der Waals surface area contributed by atoms with E-state index in [-0.39, 0.29) is 5.97 Å². The zero-order valence-corrected chi connectivity index (χ0v) is 19.8. The lowest BCUT2D eigenvalue weighted by atomic mass is 10.1. The van der Waals surface area contributed by atoms with Gasteiger partial charge in [-0.2, -0.15) is 0 Å². The lowest BCUT2D eigenvalue weighted by molar-refractivity contribution is 0.0590. The molecule has 1 aliphatic heterocycles. The van der Waals surface area contributed by atoms with Crippen molar-refractivity contribution >= 4 is 33.6 Å². The molecule has 4 aromatic rings. The topological polar surface area (TPSA) is 85.2 Å². The Morgan fingerprint density at radius 2 is 1.88 bits per heavy atom. The second kappa shape index (κ2) is 9.77. The van der Waals surface area contributed by atoms with Crippen LogP contribution in [0.5, 0.6) is 0 Å². The van der Waals surface area contributed by atoms with Crippen LogP contribution in [0.15, 0.2) is 42.7 Å². The largest absolute Gasteiger partial charge is 0.464 e. The number of nitrogens with one attached hydrogen (secondary N) is 1. The van der Waals surface area contributed by atoms with E-state index in [0.717, 1.165) is 58.5 Å². The number of methoxy groups -OCH3 is 1. The summed E-state index contributed by atoms with van der Waals surface area (Å²) in [6, 6.07) is 9.64. The van der Waals surface area contributed by atoms with E-state index >= 15 is 0 Å². The van der Waals surface area contributed by atoms with Gasteiger partial charge in [0.2, 0.25) is 0 Å². The summed E-state index contributed by atoms with van der Waals surface area (Å²) in [6.45, 7) is 4.45. The molecule has 8 nitrogen and oxygen atoms in total. The number of anilines is 1. The van der Waals surface area contributed by atoms with Crippen LogP contribution in [0.25, 0.3) is 33.3 Å². The number of carbonyl (C=O) groups is 1. The summed E-state index contributed by atoms with van der Waals surface area (Å²) in [7, 11) is 3.22. The Balaban J connectivity index is 1.42. The number of esters is 1. The molecule has 0 radical (unpaired) electrons. The van der Waals surface area contributed by atoms with Crippen molar-refractivity contribution in [3.63, 3.8) is 0 Å². The standard InChI is InChI=1S/C26H30N6O2/c1-31-24-8-7-20(30-23(24)16-25(31)26(33)34-2)22-15-21(18-17-27-11-9-19(18)29-22)28-10-6-14-32-12-4-3-5-13-32/h7-9,11,15-17H,3-6,10,12-14H2,1-2H3,(H,28,29). The van der Waals surface area contributed by atoms with Gasteiger partial charge in [0.15, 0.2) is 0 Å². The van der Waals surface area contributed by atoms with E-state index in [2.05, 4.69) is 15.2 Å². The molecule has 0 bridgehead atoms. The molecule has 1 aliphatic rings. The molecule has 0 amide bonds. The van der Waals surface area contributed by atoms with Gasteiger partial charge in [0.1, 0.15) is 5.69 Å². The number of hydrogen-bond acceptors (Lipinski definition) is 7. The maximum atomic E-state index is 12.1. The average Bonchev–Trinajstić information content (AvgIpc) is 3.22. The minimum Gasteiger partial charge on any atom is -0.464 e. The number of pyridine rings is 3. The fourth-order valence-corrected chi connectivity index (χ4v) is 4.71. The fraction of sp³-hybridized carbons (Fsp3) is 0.385. The predicted octanol–water partition coefficient (Wildman–Crippen LogP) is 4.26. The molecule has 34 heavy (non-hydrogen) atoms. The molecule has 0 saturated carbocycles. The minimum atomic E-state index is -0.380. The number of fused-ring (bicyclic) bond motifs is 2. The van der Waals surface area contributed by atoms with Gasteiger partial charge in [0, 0.05) is 37.1 Å². The van der Waals surface area contributed by atoms with Crippen molar-refractivity contribution in [1.29, 1.82) is 0 Å². The molecule has 1 saturated heterocycles. The number of nitrogens with zero attached hydrogens (tertiary/aromatic N) is 5. The zero-order valence-electron chi connectivity index (χ0n) is 19.8. The van der Waals surface area contributed by atoms with Crippen LogP contribution in [0, 0.1) is 0 Å². The van der Waals surface area contributed by atoms with Crippen LogP contribution in [0.3, 0.4) is 0 Å². The summed E-state index contributed by atoms with van der Waals surface area (Å²) >= 11 is 0. The number of piperidine rings is 1. The predicted molar refractivity (Wildman–Crippen MR) is 134 cm³/mol. The van der Waals surface area contributed by atoms with E-state index in [1.165, 1.54) is 39.5 Å². The van der Waals surface area contributed by atoms with Crippen molar-refractivity contribution in [2.75, 3.05) is 38.6 Å². The van der Waals surface area contributed by atoms with Crippen LogP contribution >= 0.6 is 0 Å². The van der Waals surface area contributed by atoms with Gasteiger partial charge in [0.05, 0.1) is 35.0 Å². The average molecular weight is 459 g/mol. The number of aromatic nitrogens is 4. The first-order valence-electron chi connectivity index (χ1n) is 11.9. The van der Waals surface area contributed by atoms with Crippen molar-refractivity contribution in [2.45, 2.75) is 25.7 Å². The molecule has 0 atom stereocenters. The normalized spacial score (nSPS) is 14.5. The number of aryl methyl sites for hydroxylation is 1. The molecule has 0 aromatic carbocycles. The molecule has 4 aromatic heterocycles. The van der Waals surface area contributed by atoms with E-state index in [1.54, 1.807) is 16.8 Å². The first kappa shape index (κ1) is 22.3. The fourth-order valence-electron chi connectivity index (χ4n) is 4.71. The Labute approximate surface area is 199 Å². The van der Waals surface area contributed by atoms with Gasteiger partial charge < -0.3 is 19.5 Å². The summed E-state index contributed by atoms with van der Waals surface area (Å²) in [6.07, 6.45) is 8.70. The summed E-state index contributed by atoms with van der Waals surface area (Å²) in [5, 5.41) is 4.61. The molecule has 1 N–H and O–H groups in total. The van der Waals surface area contributed by atoms with Crippen LogP contribution in [0.2, 0.25) is 0 Å². The molecule has 5 heterocycles. The van der Waals surface area contributed by atoms with Gasteiger partial charge in [-0.1, -0.05) is 6.42 Å². The maximum Gasteiger partial charge on any atom is 0.354 e. The van der Waals surface area contributed by atoms with Crippen molar-refractivity contribution in [3.05, 3.63) is 48.4 Å². The van der Waals surface area contributed by atoms with Gasteiger partial charge in [0.25, 0.3) is 0 Å². The van der Waals surface area contributed by atoms with Crippen molar-refractivity contribution in [1.82, 2.24) is 24.4 Å². The third-order valence-corrected chi connectivity index (χ3v) is 6.58. The Kier molecular flexibility index (Phi) is 6.40. The third-order valence-electron chi connectivity index (χ3n) is 6.58. The number of hydrogen-bond donors (Lipinski definition) is 1. The second-order valence-corrected chi connectivity index (χ2v) is 8.81. The lowest BCUT2D eigenvalue weighted by Gasteiger charge is -2.26. The van der Waals surface area contributed by atoms with Crippen LogP contribution in [-0.4, -0.2) is 63.7 Å². The van der Waals surface area contributed by atoms with E-state index in [0.29, 0.717) is 5.69 Å². The van der Waals surface area contributed by atoms with Crippen molar-refractivity contribution in [2.24, 2.45) is 7.05 Å². The van der Waals surface area contributed by atoms with E-state index < -0.39 is 0 Å². The first-order valence-corrected chi connectivity index (χ1v) is 11.9. The van der Waals surface area contributed by atoms with Gasteiger partial charge in [-0.15, -0.1) is 0 Å². The first-order chi connectivity index (χ1) is 16.6. The quantitative estimate of drug-likeness (QED) is 0.327. The summed E-state index contributed by atoms with van der Waals surface area (Å²) in [5.74, 6) is -0.380. The smallest absolute Gasteiger partial charge is 0.354 e. The van der Waals surface area contributed by atoms with Gasteiger partial charge >= 0.3 is 5.97 Å². The van der Waals surface area contributed by atoms with E-state index in [9.17, 15) is 4.79 Å². The second-order valence-electron chi connectivity index (χ2n) is 8.81. The molecular weight excluding hydrogens is 428 g/mol. The monoisotopic (exact) mass is 458 g/mol. The van der Waals surface area contributed by atoms with Crippen LogP contribution < -0.4 is 5.32 Å². The summed E-state index contributed by atoms with van der Waals surface area (Å²) in [4.78, 5) is 28.6.